The molecule has 0 spiro atoms. The fraction of sp³-hybridized carbons (Fsp3) is 0.261. The summed E-state index contributed by atoms with van der Waals surface area (Å²) in [6, 6.07) is 17.4. The first-order valence-corrected chi connectivity index (χ1v) is 11.1. The average molecular weight is 437 g/mol. The van der Waals surface area contributed by atoms with Crippen molar-refractivity contribution in [3.8, 4) is 16.6 Å². The summed E-state index contributed by atoms with van der Waals surface area (Å²) in [5.74, 6) is -0.0141. The molecule has 3 aromatic rings. The Bertz CT molecular complexity index is 1070. The molecule has 0 saturated carbocycles. The van der Waals surface area contributed by atoms with E-state index in [0.717, 1.165) is 43.2 Å². The van der Waals surface area contributed by atoms with E-state index in [9.17, 15) is 4.79 Å². The summed E-state index contributed by atoms with van der Waals surface area (Å²) in [5, 5.41) is 12.2. The normalized spacial score (nSPS) is 14.9. The highest BCUT2D eigenvalue weighted by atomic mass is 35.5. The van der Waals surface area contributed by atoms with Gasteiger partial charge in [-0.05, 0) is 36.2 Å². The maximum atomic E-state index is 13.0. The second-order valence-corrected chi connectivity index (χ2v) is 8.57. The molecule has 0 bridgehead atoms. The predicted octanol–water partition coefficient (Wildman–Crippen LogP) is 4.68. The molecule has 2 heterocycles. The molecule has 0 atom stereocenters. The van der Waals surface area contributed by atoms with E-state index in [0.29, 0.717) is 22.8 Å². The smallest absolute Gasteiger partial charge is 0.273 e. The molecule has 1 amide bonds. The summed E-state index contributed by atoms with van der Waals surface area (Å²) in [4.78, 5) is 21.8. The van der Waals surface area contributed by atoms with Crippen molar-refractivity contribution < 1.29 is 4.79 Å². The number of benzene rings is 2. The molecule has 1 aromatic heterocycles. The van der Waals surface area contributed by atoms with Gasteiger partial charge >= 0.3 is 0 Å². The SMILES string of the molecule is N#Cc1ccc(CN2CCCN(C(=O)c3csc(-c4cccc(Cl)c4)n3)CC2)cc1. The first kappa shape index (κ1) is 20.5. The molecular weight excluding hydrogens is 416 g/mol. The molecule has 1 aliphatic rings. The molecule has 1 fully saturated rings. The van der Waals surface area contributed by atoms with Crippen molar-refractivity contribution >= 4 is 28.8 Å². The number of carbonyl (C=O) groups is 1. The van der Waals surface area contributed by atoms with Gasteiger partial charge in [-0.25, -0.2) is 4.98 Å². The van der Waals surface area contributed by atoms with Crippen molar-refractivity contribution in [2.75, 3.05) is 26.2 Å². The third-order valence-electron chi connectivity index (χ3n) is 5.16. The maximum absolute atomic E-state index is 13.0. The molecule has 0 unspecified atom stereocenters. The molecule has 7 heteroatoms. The van der Waals surface area contributed by atoms with Crippen LogP contribution in [0.1, 0.15) is 28.0 Å². The van der Waals surface area contributed by atoms with Crippen LogP contribution in [0, 0.1) is 11.3 Å². The lowest BCUT2D eigenvalue weighted by atomic mass is 10.1. The standard InChI is InChI=1S/C23H21ClN4OS/c24-20-4-1-3-19(13-20)22-26-21(16-30-22)23(29)28-10-2-9-27(11-12-28)15-18-7-5-17(14-25)6-8-18/h1,3-8,13,16H,2,9-12,15H2. The van der Waals surface area contributed by atoms with Crippen LogP contribution in [0.5, 0.6) is 0 Å². The molecule has 0 aliphatic carbocycles. The molecular formula is C23H21ClN4OS. The number of aromatic nitrogens is 1. The number of rotatable bonds is 4. The van der Waals surface area contributed by atoms with Crippen LogP contribution in [0.15, 0.2) is 53.9 Å². The van der Waals surface area contributed by atoms with Gasteiger partial charge in [-0.1, -0.05) is 35.9 Å². The Balaban J connectivity index is 1.38. The molecule has 0 N–H and O–H groups in total. The quantitative estimate of drug-likeness (QED) is 0.595. The Labute approximate surface area is 185 Å². The van der Waals surface area contributed by atoms with Gasteiger partial charge in [0.15, 0.2) is 0 Å². The number of hydrogen-bond acceptors (Lipinski definition) is 5. The van der Waals surface area contributed by atoms with Gasteiger partial charge in [-0.15, -0.1) is 11.3 Å². The lowest BCUT2D eigenvalue weighted by molar-refractivity contribution is 0.0756. The van der Waals surface area contributed by atoms with Gasteiger partial charge in [-0.3, -0.25) is 9.69 Å². The summed E-state index contributed by atoms with van der Waals surface area (Å²) in [6.45, 7) is 3.99. The van der Waals surface area contributed by atoms with Crippen molar-refractivity contribution in [1.82, 2.24) is 14.8 Å². The molecule has 5 nitrogen and oxygen atoms in total. The molecule has 1 aliphatic heterocycles. The summed E-state index contributed by atoms with van der Waals surface area (Å²) >= 11 is 7.54. The predicted molar refractivity (Wildman–Crippen MR) is 120 cm³/mol. The van der Waals surface area contributed by atoms with Crippen LogP contribution in [-0.2, 0) is 6.54 Å². The third kappa shape index (κ3) is 4.88. The second kappa shape index (κ2) is 9.40. The lowest BCUT2D eigenvalue weighted by Gasteiger charge is -2.21. The molecule has 2 aromatic carbocycles. The summed E-state index contributed by atoms with van der Waals surface area (Å²) in [5.41, 5.74) is 3.28. The van der Waals surface area contributed by atoms with Crippen molar-refractivity contribution in [2.24, 2.45) is 0 Å². The molecule has 0 radical (unpaired) electrons. The van der Waals surface area contributed by atoms with Crippen molar-refractivity contribution in [3.05, 3.63) is 75.8 Å². The number of hydrogen-bond donors (Lipinski definition) is 0. The average Bonchev–Trinajstić information content (AvgIpc) is 3.15. The van der Waals surface area contributed by atoms with Gasteiger partial charge in [0.25, 0.3) is 5.91 Å². The van der Waals surface area contributed by atoms with E-state index in [4.69, 9.17) is 16.9 Å². The zero-order chi connectivity index (χ0) is 20.9. The van der Waals surface area contributed by atoms with E-state index >= 15 is 0 Å². The van der Waals surface area contributed by atoms with Crippen LogP contribution in [0.3, 0.4) is 0 Å². The molecule has 30 heavy (non-hydrogen) atoms. The zero-order valence-corrected chi connectivity index (χ0v) is 18.0. The van der Waals surface area contributed by atoms with Gasteiger partial charge in [0.05, 0.1) is 11.6 Å². The fourth-order valence-electron chi connectivity index (χ4n) is 3.56. The van der Waals surface area contributed by atoms with Gasteiger partial charge in [0.2, 0.25) is 0 Å². The second-order valence-electron chi connectivity index (χ2n) is 7.28. The van der Waals surface area contributed by atoms with E-state index in [1.807, 2.05) is 58.8 Å². The molecule has 152 valence electrons. The van der Waals surface area contributed by atoms with Gasteiger partial charge < -0.3 is 4.90 Å². The minimum absolute atomic E-state index is 0.0141. The highest BCUT2D eigenvalue weighted by Crippen LogP contribution is 2.26. The first-order valence-electron chi connectivity index (χ1n) is 9.84. The summed E-state index contributed by atoms with van der Waals surface area (Å²) in [6.07, 6.45) is 0.924. The number of thiazole rings is 1. The summed E-state index contributed by atoms with van der Waals surface area (Å²) in [7, 11) is 0. The van der Waals surface area contributed by atoms with E-state index in [-0.39, 0.29) is 5.91 Å². The summed E-state index contributed by atoms with van der Waals surface area (Å²) < 4.78 is 0. The minimum Gasteiger partial charge on any atom is -0.336 e. The van der Waals surface area contributed by atoms with Crippen molar-refractivity contribution in [2.45, 2.75) is 13.0 Å². The minimum atomic E-state index is -0.0141. The molecule has 1 saturated heterocycles. The number of amides is 1. The van der Waals surface area contributed by atoms with Crippen LogP contribution < -0.4 is 0 Å². The van der Waals surface area contributed by atoms with Crippen LogP contribution >= 0.6 is 22.9 Å². The van der Waals surface area contributed by atoms with Crippen LogP contribution in [-0.4, -0.2) is 46.9 Å². The monoisotopic (exact) mass is 436 g/mol. The number of nitrogens with zero attached hydrogens (tertiary/aromatic N) is 4. The van der Waals surface area contributed by atoms with Crippen molar-refractivity contribution in [1.29, 1.82) is 5.26 Å². The number of nitriles is 1. The fourth-order valence-corrected chi connectivity index (χ4v) is 4.54. The van der Waals surface area contributed by atoms with Crippen LogP contribution in [0.4, 0.5) is 0 Å². The number of halogens is 1. The van der Waals surface area contributed by atoms with E-state index in [1.165, 1.54) is 16.9 Å². The van der Waals surface area contributed by atoms with E-state index in [1.54, 1.807) is 0 Å². The van der Waals surface area contributed by atoms with Gasteiger partial charge in [0.1, 0.15) is 10.7 Å². The molecule has 4 rings (SSSR count). The largest absolute Gasteiger partial charge is 0.336 e. The maximum Gasteiger partial charge on any atom is 0.273 e. The number of carbonyl (C=O) groups excluding carboxylic acids is 1. The van der Waals surface area contributed by atoms with E-state index in [2.05, 4.69) is 16.0 Å². The highest BCUT2D eigenvalue weighted by molar-refractivity contribution is 7.13. The van der Waals surface area contributed by atoms with Crippen LogP contribution in [0.25, 0.3) is 10.6 Å². The van der Waals surface area contributed by atoms with Gasteiger partial charge in [0, 0.05) is 48.7 Å². The topological polar surface area (TPSA) is 60.2 Å². The van der Waals surface area contributed by atoms with Crippen molar-refractivity contribution in [3.63, 3.8) is 0 Å². The van der Waals surface area contributed by atoms with Gasteiger partial charge in [-0.2, -0.15) is 5.26 Å². The highest BCUT2D eigenvalue weighted by Gasteiger charge is 2.22. The Morgan fingerprint density at radius 2 is 1.97 bits per heavy atom. The Morgan fingerprint density at radius 1 is 1.13 bits per heavy atom. The van der Waals surface area contributed by atoms with E-state index < -0.39 is 0 Å². The Kier molecular flexibility index (Phi) is 6.44. The zero-order valence-electron chi connectivity index (χ0n) is 16.4. The lowest BCUT2D eigenvalue weighted by Crippen LogP contribution is -2.35. The third-order valence-corrected chi connectivity index (χ3v) is 6.29. The van der Waals surface area contributed by atoms with Crippen LogP contribution in [0.2, 0.25) is 5.02 Å². The first-order chi connectivity index (χ1) is 14.6. The Morgan fingerprint density at radius 3 is 2.73 bits per heavy atom. The Hall–Kier alpha value is -2.72.